The minimum absolute atomic E-state index is 0.0688. The van der Waals surface area contributed by atoms with Gasteiger partial charge in [0.1, 0.15) is 5.69 Å². The van der Waals surface area contributed by atoms with Crippen LogP contribution >= 0.6 is 0 Å². The molecule has 7 heteroatoms. The van der Waals surface area contributed by atoms with Crippen molar-refractivity contribution >= 4 is 11.6 Å². The first-order valence-electron chi connectivity index (χ1n) is 6.20. The van der Waals surface area contributed by atoms with Crippen LogP contribution in [0.3, 0.4) is 0 Å². The van der Waals surface area contributed by atoms with Crippen molar-refractivity contribution in [3.05, 3.63) is 28.1 Å². The standard InChI is InChI=1S/C12H17N3O4/c1-8(16)6-13(2)12(17)11-5-10(15(18)19)7-14(11)9-3-4-9/h5,7-9,16H,3-4,6H2,1-2H3. The fourth-order valence-electron chi connectivity index (χ4n) is 2.07. The molecule has 7 nitrogen and oxygen atoms in total. The third-order valence-corrected chi connectivity index (χ3v) is 3.09. The first-order chi connectivity index (χ1) is 8.90. The number of nitro groups is 1. The number of carbonyl (C=O) groups excluding carboxylic acids is 1. The molecule has 1 aliphatic rings. The molecule has 1 aliphatic carbocycles. The second kappa shape index (κ2) is 5.00. The molecule has 104 valence electrons. The third-order valence-electron chi connectivity index (χ3n) is 3.09. The molecule has 1 unspecified atom stereocenters. The van der Waals surface area contributed by atoms with Crippen molar-refractivity contribution < 1.29 is 14.8 Å². The van der Waals surface area contributed by atoms with Crippen molar-refractivity contribution in [3.8, 4) is 0 Å². The van der Waals surface area contributed by atoms with E-state index in [-0.39, 0.29) is 24.2 Å². The number of hydrogen-bond donors (Lipinski definition) is 1. The van der Waals surface area contributed by atoms with Gasteiger partial charge >= 0.3 is 0 Å². The van der Waals surface area contributed by atoms with E-state index in [1.165, 1.54) is 17.2 Å². The lowest BCUT2D eigenvalue weighted by Gasteiger charge is -2.19. The second-order valence-electron chi connectivity index (χ2n) is 5.01. The van der Waals surface area contributed by atoms with E-state index >= 15 is 0 Å². The maximum absolute atomic E-state index is 12.2. The molecule has 1 N–H and O–H groups in total. The van der Waals surface area contributed by atoms with Gasteiger partial charge in [-0.15, -0.1) is 0 Å². The van der Waals surface area contributed by atoms with Gasteiger partial charge < -0.3 is 14.6 Å². The molecule has 19 heavy (non-hydrogen) atoms. The minimum atomic E-state index is -0.631. The van der Waals surface area contributed by atoms with E-state index in [2.05, 4.69) is 0 Å². The molecular formula is C12H17N3O4. The fraction of sp³-hybridized carbons (Fsp3) is 0.583. The zero-order valence-electron chi connectivity index (χ0n) is 10.9. The van der Waals surface area contributed by atoms with Gasteiger partial charge in [0.2, 0.25) is 0 Å². The maximum atomic E-state index is 12.2. The topological polar surface area (TPSA) is 88.6 Å². The smallest absolute Gasteiger partial charge is 0.287 e. The molecule has 1 saturated carbocycles. The highest BCUT2D eigenvalue weighted by Gasteiger charge is 2.31. The molecule has 1 fully saturated rings. The number of rotatable bonds is 5. The number of aliphatic hydroxyl groups is 1. The Hall–Kier alpha value is -1.89. The van der Waals surface area contributed by atoms with Gasteiger partial charge in [0.15, 0.2) is 0 Å². The average molecular weight is 267 g/mol. The predicted octanol–water partition coefficient (Wildman–Crippen LogP) is 1.18. The molecule has 2 rings (SSSR count). The molecule has 0 aromatic carbocycles. The van der Waals surface area contributed by atoms with Gasteiger partial charge in [-0.1, -0.05) is 0 Å². The van der Waals surface area contributed by atoms with Crippen molar-refractivity contribution in [2.24, 2.45) is 0 Å². The van der Waals surface area contributed by atoms with Gasteiger partial charge in [-0.2, -0.15) is 0 Å². The van der Waals surface area contributed by atoms with Crippen LogP contribution in [-0.2, 0) is 0 Å². The van der Waals surface area contributed by atoms with E-state index in [0.29, 0.717) is 5.69 Å². The summed E-state index contributed by atoms with van der Waals surface area (Å²) in [4.78, 5) is 23.9. The van der Waals surface area contributed by atoms with Crippen molar-refractivity contribution in [2.75, 3.05) is 13.6 Å². The number of carbonyl (C=O) groups is 1. The Morgan fingerprint density at radius 2 is 2.32 bits per heavy atom. The highest BCUT2D eigenvalue weighted by Crippen LogP contribution is 2.38. The van der Waals surface area contributed by atoms with Gasteiger partial charge in [-0.3, -0.25) is 14.9 Å². The zero-order valence-corrected chi connectivity index (χ0v) is 10.9. The van der Waals surface area contributed by atoms with Gasteiger partial charge in [0.05, 0.1) is 17.2 Å². The highest BCUT2D eigenvalue weighted by molar-refractivity contribution is 5.93. The fourth-order valence-corrected chi connectivity index (χ4v) is 2.07. The van der Waals surface area contributed by atoms with Gasteiger partial charge in [-0.05, 0) is 19.8 Å². The molecule has 0 spiro atoms. The Balaban J connectivity index is 2.27. The molecule has 1 atom stereocenters. The van der Waals surface area contributed by atoms with E-state index in [9.17, 15) is 20.0 Å². The highest BCUT2D eigenvalue weighted by atomic mass is 16.6. The summed E-state index contributed by atoms with van der Waals surface area (Å²) in [6, 6.07) is 1.49. The summed E-state index contributed by atoms with van der Waals surface area (Å²) in [5.74, 6) is -0.305. The summed E-state index contributed by atoms with van der Waals surface area (Å²) >= 11 is 0. The molecule has 1 amide bonds. The quantitative estimate of drug-likeness (QED) is 0.641. The van der Waals surface area contributed by atoms with Crippen LogP contribution in [0.25, 0.3) is 0 Å². The Labute approximate surface area is 110 Å². The number of amides is 1. The second-order valence-corrected chi connectivity index (χ2v) is 5.01. The molecule has 0 radical (unpaired) electrons. The van der Waals surface area contributed by atoms with Gasteiger partial charge in [0, 0.05) is 25.7 Å². The first-order valence-corrected chi connectivity index (χ1v) is 6.20. The SMILES string of the molecule is CC(O)CN(C)C(=O)c1cc([N+](=O)[O-])cn1C1CC1. The van der Waals surface area contributed by atoms with Crippen molar-refractivity contribution in [2.45, 2.75) is 31.9 Å². The van der Waals surface area contributed by atoms with Crippen molar-refractivity contribution in [1.29, 1.82) is 0 Å². The van der Waals surface area contributed by atoms with Crippen LogP contribution in [0.15, 0.2) is 12.3 Å². The van der Waals surface area contributed by atoms with Crippen LogP contribution in [0.4, 0.5) is 5.69 Å². The molecule has 1 aromatic rings. The molecule has 0 saturated heterocycles. The number of nitrogens with zero attached hydrogens (tertiary/aromatic N) is 3. The lowest BCUT2D eigenvalue weighted by molar-refractivity contribution is -0.384. The van der Waals surface area contributed by atoms with Crippen LogP contribution in [0, 0.1) is 10.1 Å². The Morgan fingerprint density at radius 3 is 2.79 bits per heavy atom. The van der Waals surface area contributed by atoms with E-state index in [0.717, 1.165) is 12.8 Å². The normalized spacial score (nSPS) is 16.2. The first kappa shape index (κ1) is 13.5. The number of aromatic nitrogens is 1. The minimum Gasteiger partial charge on any atom is -0.392 e. The summed E-state index contributed by atoms with van der Waals surface area (Å²) in [7, 11) is 1.57. The van der Waals surface area contributed by atoms with Crippen LogP contribution in [0.2, 0.25) is 0 Å². The van der Waals surface area contributed by atoms with Gasteiger partial charge in [-0.25, -0.2) is 0 Å². The Bertz CT molecular complexity index is 505. The monoisotopic (exact) mass is 267 g/mol. The van der Waals surface area contributed by atoms with Crippen LogP contribution in [0.5, 0.6) is 0 Å². The molecular weight excluding hydrogens is 250 g/mol. The molecule has 1 heterocycles. The summed E-state index contributed by atoms with van der Waals surface area (Å²) in [5, 5.41) is 20.1. The van der Waals surface area contributed by atoms with Gasteiger partial charge in [0.25, 0.3) is 11.6 Å². The average Bonchev–Trinajstić information content (AvgIpc) is 3.06. The Kier molecular flexibility index (Phi) is 3.57. The number of hydrogen-bond acceptors (Lipinski definition) is 4. The molecule has 0 aliphatic heterocycles. The molecule has 1 aromatic heterocycles. The summed E-state index contributed by atoms with van der Waals surface area (Å²) in [5.41, 5.74) is 0.248. The Morgan fingerprint density at radius 1 is 1.68 bits per heavy atom. The van der Waals surface area contributed by atoms with Crippen LogP contribution in [-0.4, -0.2) is 45.1 Å². The summed E-state index contributed by atoms with van der Waals surface area (Å²) < 4.78 is 1.68. The molecule has 0 bridgehead atoms. The lowest BCUT2D eigenvalue weighted by atomic mass is 10.3. The van der Waals surface area contributed by atoms with Crippen molar-refractivity contribution in [3.63, 3.8) is 0 Å². The number of likely N-dealkylation sites (N-methyl/N-ethyl adjacent to an activating group) is 1. The lowest BCUT2D eigenvalue weighted by Crippen LogP contribution is -2.34. The van der Waals surface area contributed by atoms with E-state index < -0.39 is 11.0 Å². The summed E-state index contributed by atoms with van der Waals surface area (Å²) in [6.45, 7) is 1.79. The predicted molar refractivity (Wildman–Crippen MR) is 68.0 cm³/mol. The maximum Gasteiger partial charge on any atom is 0.287 e. The van der Waals surface area contributed by atoms with Crippen LogP contribution < -0.4 is 0 Å². The van der Waals surface area contributed by atoms with E-state index in [1.54, 1.807) is 18.5 Å². The zero-order chi connectivity index (χ0) is 14.2. The van der Waals surface area contributed by atoms with E-state index in [4.69, 9.17) is 0 Å². The van der Waals surface area contributed by atoms with Crippen LogP contribution in [0.1, 0.15) is 36.3 Å². The van der Waals surface area contributed by atoms with E-state index in [1.807, 2.05) is 0 Å². The third kappa shape index (κ3) is 2.93. The van der Waals surface area contributed by atoms with Crippen molar-refractivity contribution in [1.82, 2.24) is 9.47 Å². The summed E-state index contributed by atoms with van der Waals surface area (Å²) in [6.07, 6.45) is 2.66. The largest absolute Gasteiger partial charge is 0.392 e. The number of aliphatic hydroxyl groups excluding tert-OH is 1.